The third-order valence-electron chi connectivity index (χ3n) is 5.23. The van der Waals surface area contributed by atoms with Gasteiger partial charge in [0.2, 0.25) is 5.91 Å². The van der Waals surface area contributed by atoms with Crippen molar-refractivity contribution in [2.75, 3.05) is 39.8 Å². The summed E-state index contributed by atoms with van der Waals surface area (Å²) < 4.78 is 0. The summed E-state index contributed by atoms with van der Waals surface area (Å²) in [7, 11) is 2.16. The van der Waals surface area contributed by atoms with E-state index < -0.39 is 0 Å². The van der Waals surface area contributed by atoms with Crippen molar-refractivity contribution in [3.63, 3.8) is 0 Å². The van der Waals surface area contributed by atoms with E-state index in [0.29, 0.717) is 19.4 Å². The van der Waals surface area contributed by atoms with Gasteiger partial charge in [0.25, 0.3) is 0 Å². The van der Waals surface area contributed by atoms with Gasteiger partial charge in [0, 0.05) is 44.2 Å². The Labute approximate surface area is 167 Å². The summed E-state index contributed by atoms with van der Waals surface area (Å²) in [5.41, 5.74) is 2.28. The van der Waals surface area contributed by atoms with Crippen LogP contribution >= 0.6 is 11.6 Å². The van der Waals surface area contributed by atoms with Gasteiger partial charge in [-0.05, 0) is 30.7 Å². The summed E-state index contributed by atoms with van der Waals surface area (Å²) in [5, 5.41) is 3.87. The quantitative estimate of drug-likeness (QED) is 0.793. The molecule has 1 heterocycles. The molecule has 0 saturated carbocycles. The fourth-order valence-electron chi connectivity index (χ4n) is 3.51. The number of nitrogens with zero attached hydrogens (tertiary/aromatic N) is 2. The number of nitrogens with one attached hydrogen (secondary N) is 1. The lowest BCUT2D eigenvalue weighted by atomic mass is 10.0. The van der Waals surface area contributed by atoms with Gasteiger partial charge in [-0.1, -0.05) is 60.1 Å². The van der Waals surface area contributed by atoms with Crippen molar-refractivity contribution >= 4 is 17.5 Å². The summed E-state index contributed by atoms with van der Waals surface area (Å²) in [5.74, 6) is 0.0741. The molecular weight excluding hydrogens is 358 g/mol. The smallest absolute Gasteiger partial charge is 0.220 e. The predicted octanol–water partition coefficient (Wildman–Crippen LogP) is 3.38. The van der Waals surface area contributed by atoms with Gasteiger partial charge in [0.1, 0.15) is 0 Å². The molecule has 2 aromatic rings. The summed E-state index contributed by atoms with van der Waals surface area (Å²) in [4.78, 5) is 17.2. The lowest BCUT2D eigenvalue weighted by Gasteiger charge is -2.38. The fourth-order valence-corrected chi connectivity index (χ4v) is 3.75. The third kappa shape index (κ3) is 5.80. The van der Waals surface area contributed by atoms with Crippen LogP contribution in [0.3, 0.4) is 0 Å². The van der Waals surface area contributed by atoms with Crippen LogP contribution in [0.25, 0.3) is 0 Å². The molecule has 3 rings (SSSR count). The minimum absolute atomic E-state index is 0.0741. The Balaban J connectivity index is 1.57. The summed E-state index contributed by atoms with van der Waals surface area (Å²) in [6, 6.07) is 18.4. The number of piperazine rings is 1. The second-order valence-electron chi connectivity index (χ2n) is 7.16. The first-order valence-corrected chi connectivity index (χ1v) is 9.99. The second kappa shape index (κ2) is 9.88. The molecule has 0 bridgehead atoms. The zero-order valence-corrected chi connectivity index (χ0v) is 16.7. The maximum absolute atomic E-state index is 12.4. The summed E-state index contributed by atoms with van der Waals surface area (Å²) >= 11 is 6.19. The highest BCUT2D eigenvalue weighted by molar-refractivity contribution is 6.31. The number of rotatable bonds is 7. The monoisotopic (exact) mass is 385 g/mol. The second-order valence-corrected chi connectivity index (χ2v) is 7.57. The van der Waals surface area contributed by atoms with Crippen molar-refractivity contribution in [1.29, 1.82) is 0 Å². The fraction of sp³-hybridized carbons (Fsp3) is 0.409. The zero-order valence-electron chi connectivity index (χ0n) is 15.9. The molecule has 1 aliphatic heterocycles. The number of benzene rings is 2. The Hall–Kier alpha value is -1.88. The minimum Gasteiger partial charge on any atom is -0.354 e. The number of halogens is 1. The molecule has 0 aliphatic carbocycles. The molecule has 0 radical (unpaired) electrons. The van der Waals surface area contributed by atoms with Gasteiger partial charge >= 0.3 is 0 Å². The Morgan fingerprint density at radius 1 is 1.04 bits per heavy atom. The van der Waals surface area contributed by atoms with Crippen LogP contribution in [0.5, 0.6) is 0 Å². The molecule has 1 aliphatic rings. The van der Waals surface area contributed by atoms with Crippen molar-refractivity contribution in [1.82, 2.24) is 15.1 Å². The van der Waals surface area contributed by atoms with E-state index in [-0.39, 0.29) is 11.9 Å². The van der Waals surface area contributed by atoms with Crippen LogP contribution in [0.15, 0.2) is 54.6 Å². The molecule has 1 N–H and O–H groups in total. The van der Waals surface area contributed by atoms with E-state index in [1.807, 2.05) is 30.3 Å². The lowest BCUT2D eigenvalue weighted by Crippen LogP contribution is -2.48. The molecule has 0 spiro atoms. The molecule has 1 saturated heterocycles. The molecular formula is C22H28ClN3O. The van der Waals surface area contributed by atoms with Gasteiger partial charge in [-0.3, -0.25) is 9.69 Å². The topological polar surface area (TPSA) is 35.6 Å². The molecule has 0 aromatic heterocycles. The SMILES string of the molecule is CN1CCN(C(CNC(=O)CCc2ccccc2Cl)c2ccccc2)CC1. The van der Waals surface area contributed by atoms with Crippen LogP contribution in [-0.4, -0.2) is 55.5 Å². The van der Waals surface area contributed by atoms with Gasteiger partial charge in [-0.25, -0.2) is 0 Å². The average Bonchev–Trinajstić information content (AvgIpc) is 2.69. The highest BCUT2D eigenvalue weighted by Gasteiger charge is 2.24. The van der Waals surface area contributed by atoms with Crippen LogP contribution in [0.4, 0.5) is 0 Å². The highest BCUT2D eigenvalue weighted by Crippen LogP contribution is 2.21. The van der Waals surface area contributed by atoms with E-state index in [2.05, 4.69) is 46.4 Å². The normalized spacial score (nSPS) is 16.8. The van der Waals surface area contributed by atoms with Gasteiger partial charge < -0.3 is 10.2 Å². The minimum atomic E-state index is 0.0741. The number of hydrogen-bond donors (Lipinski definition) is 1. The molecule has 4 nitrogen and oxygen atoms in total. The summed E-state index contributed by atoms with van der Waals surface area (Å²) in [6.45, 7) is 4.79. The van der Waals surface area contributed by atoms with Crippen LogP contribution in [0.2, 0.25) is 5.02 Å². The first kappa shape index (κ1) is 19.9. The van der Waals surface area contributed by atoms with Gasteiger partial charge in [-0.2, -0.15) is 0 Å². The highest BCUT2D eigenvalue weighted by atomic mass is 35.5. The Morgan fingerprint density at radius 3 is 2.41 bits per heavy atom. The average molecular weight is 386 g/mol. The van der Waals surface area contributed by atoms with E-state index in [1.54, 1.807) is 0 Å². The van der Waals surface area contributed by atoms with Gasteiger partial charge in [-0.15, -0.1) is 0 Å². The number of amides is 1. The third-order valence-corrected chi connectivity index (χ3v) is 5.60. The Bertz CT molecular complexity index is 729. The zero-order chi connectivity index (χ0) is 19.1. The number of aryl methyl sites for hydroxylation is 1. The van der Waals surface area contributed by atoms with E-state index in [0.717, 1.165) is 36.8 Å². The van der Waals surface area contributed by atoms with Crippen molar-refractivity contribution < 1.29 is 4.79 Å². The molecule has 1 atom stereocenters. The van der Waals surface area contributed by atoms with Crippen molar-refractivity contribution in [3.8, 4) is 0 Å². The van der Waals surface area contributed by atoms with Crippen molar-refractivity contribution in [3.05, 3.63) is 70.7 Å². The van der Waals surface area contributed by atoms with Gasteiger partial charge in [0.15, 0.2) is 0 Å². The molecule has 1 amide bonds. The molecule has 5 heteroatoms. The van der Waals surface area contributed by atoms with E-state index in [1.165, 1.54) is 5.56 Å². The van der Waals surface area contributed by atoms with Crippen molar-refractivity contribution in [2.45, 2.75) is 18.9 Å². The van der Waals surface area contributed by atoms with Crippen molar-refractivity contribution in [2.24, 2.45) is 0 Å². The summed E-state index contributed by atoms with van der Waals surface area (Å²) in [6.07, 6.45) is 1.12. The molecule has 2 aromatic carbocycles. The van der Waals surface area contributed by atoms with E-state index >= 15 is 0 Å². The predicted molar refractivity (Wildman–Crippen MR) is 111 cm³/mol. The Morgan fingerprint density at radius 2 is 1.70 bits per heavy atom. The molecule has 1 unspecified atom stereocenters. The van der Waals surface area contributed by atoms with Crippen LogP contribution in [0.1, 0.15) is 23.6 Å². The number of likely N-dealkylation sites (N-methyl/N-ethyl adjacent to an activating group) is 1. The van der Waals surface area contributed by atoms with E-state index in [9.17, 15) is 4.79 Å². The Kier molecular flexibility index (Phi) is 7.27. The maximum atomic E-state index is 12.4. The number of carbonyl (C=O) groups is 1. The molecule has 1 fully saturated rings. The lowest BCUT2D eigenvalue weighted by molar-refractivity contribution is -0.121. The maximum Gasteiger partial charge on any atom is 0.220 e. The first-order chi connectivity index (χ1) is 13.1. The van der Waals surface area contributed by atoms with Crippen LogP contribution in [0, 0.1) is 0 Å². The standard InChI is InChI=1S/C22H28ClN3O/c1-25-13-15-26(16-14-25)21(19-8-3-2-4-9-19)17-24-22(27)12-11-18-7-5-6-10-20(18)23/h2-10,21H,11-17H2,1H3,(H,24,27). The van der Waals surface area contributed by atoms with E-state index in [4.69, 9.17) is 11.6 Å². The molecule has 27 heavy (non-hydrogen) atoms. The largest absolute Gasteiger partial charge is 0.354 e. The van der Waals surface area contributed by atoms with Crippen LogP contribution < -0.4 is 5.32 Å². The number of hydrogen-bond acceptors (Lipinski definition) is 3. The molecule has 144 valence electrons. The van der Waals surface area contributed by atoms with Crippen LogP contribution in [-0.2, 0) is 11.2 Å². The number of carbonyl (C=O) groups excluding carboxylic acids is 1. The first-order valence-electron chi connectivity index (χ1n) is 9.61. The van der Waals surface area contributed by atoms with Gasteiger partial charge in [0.05, 0.1) is 6.04 Å².